The number of para-hydroxylation sites is 1. The Kier molecular flexibility index (Phi) is 9.58. The molecule has 0 aliphatic carbocycles. The normalized spacial score (nSPS) is 12.9. The highest BCUT2D eigenvalue weighted by molar-refractivity contribution is 14.0. The molecule has 0 aliphatic heterocycles. The first-order valence-electron chi connectivity index (χ1n) is 8.60. The standard InChI is InChI=1S/C19H27BrN4O2.HI/c1-13(25-15-9-7-6-8-14(15)20)10-23-18(21-5)24-12-17-22-11-16(26-17)19(2,3)4;/h6-9,11,13H,10,12H2,1-5H3,(H2,21,23,24);1H. The van der Waals surface area contributed by atoms with Crippen molar-refractivity contribution < 1.29 is 9.15 Å². The molecular formula is C19H28BrIN4O2. The highest BCUT2D eigenvalue weighted by Crippen LogP contribution is 2.24. The maximum absolute atomic E-state index is 5.92. The van der Waals surface area contributed by atoms with Crippen molar-refractivity contribution in [1.29, 1.82) is 0 Å². The first-order chi connectivity index (χ1) is 12.3. The second kappa shape index (κ2) is 10.9. The summed E-state index contributed by atoms with van der Waals surface area (Å²) in [6.07, 6.45) is 1.75. The Morgan fingerprint density at radius 3 is 2.59 bits per heavy atom. The van der Waals surface area contributed by atoms with E-state index in [2.05, 4.69) is 57.3 Å². The van der Waals surface area contributed by atoms with Gasteiger partial charge in [0.2, 0.25) is 5.89 Å². The van der Waals surface area contributed by atoms with Gasteiger partial charge in [-0.2, -0.15) is 0 Å². The van der Waals surface area contributed by atoms with Crippen LogP contribution >= 0.6 is 39.9 Å². The van der Waals surface area contributed by atoms with E-state index in [1.54, 1.807) is 13.2 Å². The van der Waals surface area contributed by atoms with Gasteiger partial charge >= 0.3 is 0 Å². The fourth-order valence-electron chi connectivity index (χ4n) is 2.16. The number of aliphatic imine (C=N–C) groups is 1. The zero-order valence-electron chi connectivity index (χ0n) is 16.4. The van der Waals surface area contributed by atoms with Gasteiger partial charge in [-0.05, 0) is 35.0 Å². The largest absolute Gasteiger partial charge is 0.488 e. The highest BCUT2D eigenvalue weighted by Gasteiger charge is 2.19. The van der Waals surface area contributed by atoms with Crippen molar-refractivity contribution in [2.24, 2.45) is 4.99 Å². The lowest BCUT2D eigenvalue weighted by molar-refractivity contribution is 0.222. The summed E-state index contributed by atoms with van der Waals surface area (Å²) in [4.78, 5) is 8.52. The molecule has 8 heteroatoms. The Morgan fingerprint density at radius 2 is 2.00 bits per heavy atom. The number of oxazole rings is 1. The third-order valence-corrected chi connectivity index (χ3v) is 4.30. The minimum atomic E-state index is -0.0519. The van der Waals surface area contributed by atoms with Gasteiger partial charge in [0.1, 0.15) is 17.6 Å². The van der Waals surface area contributed by atoms with Crippen LogP contribution in [0.15, 0.2) is 44.3 Å². The summed E-state index contributed by atoms with van der Waals surface area (Å²) in [5, 5.41) is 6.44. The summed E-state index contributed by atoms with van der Waals surface area (Å²) in [6, 6.07) is 7.80. The fraction of sp³-hybridized carbons (Fsp3) is 0.474. The topological polar surface area (TPSA) is 71.7 Å². The Bertz CT molecular complexity index is 743. The number of ether oxygens (including phenoxy) is 1. The summed E-state index contributed by atoms with van der Waals surface area (Å²) in [5.74, 6) is 2.99. The third-order valence-electron chi connectivity index (χ3n) is 3.65. The molecule has 0 saturated carbocycles. The maximum Gasteiger partial charge on any atom is 0.213 e. The van der Waals surface area contributed by atoms with Crippen LogP contribution in [0, 0.1) is 0 Å². The Hall–Kier alpha value is -1.29. The molecule has 6 nitrogen and oxygen atoms in total. The van der Waals surface area contributed by atoms with Crippen LogP contribution in [0.2, 0.25) is 0 Å². The summed E-state index contributed by atoms with van der Waals surface area (Å²) in [6.45, 7) is 9.37. The van der Waals surface area contributed by atoms with Crippen molar-refractivity contribution in [3.8, 4) is 5.75 Å². The van der Waals surface area contributed by atoms with Gasteiger partial charge in [0, 0.05) is 12.5 Å². The first-order valence-corrected chi connectivity index (χ1v) is 9.39. The summed E-state index contributed by atoms with van der Waals surface area (Å²) < 4.78 is 12.6. The number of hydrogen-bond donors (Lipinski definition) is 2. The van der Waals surface area contributed by atoms with Crippen LogP contribution in [-0.2, 0) is 12.0 Å². The van der Waals surface area contributed by atoms with E-state index in [0.717, 1.165) is 16.0 Å². The molecule has 2 rings (SSSR count). The molecule has 2 N–H and O–H groups in total. The van der Waals surface area contributed by atoms with Crippen LogP contribution in [0.1, 0.15) is 39.3 Å². The smallest absolute Gasteiger partial charge is 0.213 e. The van der Waals surface area contributed by atoms with Crippen molar-refractivity contribution in [1.82, 2.24) is 15.6 Å². The first kappa shape index (κ1) is 23.7. The molecule has 0 fully saturated rings. The molecule has 0 bridgehead atoms. The van der Waals surface area contributed by atoms with Gasteiger partial charge in [-0.3, -0.25) is 4.99 Å². The molecule has 1 aromatic heterocycles. The number of guanidine groups is 1. The van der Waals surface area contributed by atoms with Crippen LogP contribution in [-0.4, -0.2) is 30.6 Å². The van der Waals surface area contributed by atoms with E-state index in [1.165, 1.54) is 0 Å². The van der Waals surface area contributed by atoms with E-state index in [4.69, 9.17) is 9.15 Å². The quantitative estimate of drug-likeness (QED) is 0.315. The highest BCUT2D eigenvalue weighted by atomic mass is 127. The van der Waals surface area contributed by atoms with E-state index in [1.807, 2.05) is 31.2 Å². The predicted octanol–water partition coefficient (Wildman–Crippen LogP) is 4.49. The predicted molar refractivity (Wildman–Crippen MR) is 123 cm³/mol. The van der Waals surface area contributed by atoms with Crippen molar-refractivity contribution in [2.75, 3.05) is 13.6 Å². The second-order valence-electron chi connectivity index (χ2n) is 7.03. The average molecular weight is 551 g/mol. The lowest BCUT2D eigenvalue weighted by Gasteiger charge is -2.18. The van der Waals surface area contributed by atoms with E-state index < -0.39 is 0 Å². The molecule has 0 saturated heterocycles. The lowest BCUT2D eigenvalue weighted by atomic mass is 9.94. The van der Waals surface area contributed by atoms with Crippen molar-refractivity contribution >= 4 is 45.9 Å². The molecule has 1 unspecified atom stereocenters. The van der Waals surface area contributed by atoms with Crippen LogP contribution in [0.4, 0.5) is 0 Å². The van der Waals surface area contributed by atoms with Crippen molar-refractivity contribution in [3.63, 3.8) is 0 Å². The van der Waals surface area contributed by atoms with Crippen molar-refractivity contribution in [2.45, 2.75) is 45.8 Å². The van der Waals surface area contributed by atoms with E-state index in [-0.39, 0.29) is 35.5 Å². The van der Waals surface area contributed by atoms with Gasteiger partial charge in [0.15, 0.2) is 5.96 Å². The van der Waals surface area contributed by atoms with Crippen LogP contribution in [0.5, 0.6) is 5.75 Å². The molecule has 1 aromatic carbocycles. The SMILES string of the molecule is CN=C(NCc1ncc(C(C)(C)C)o1)NCC(C)Oc1ccccc1Br.I. The zero-order valence-corrected chi connectivity index (χ0v) is 20.3. The van der Waals surface area contributed by atoms with Crippen LogP contribution < -0.4 is 15.4 Å². The monoisotopic (exact) mass is 550 g/mol. The number of nitrogens with one attached hydrogen (secondary N) is 2. The molecule has 1 atom stereocenters. The fourth-order valence-corrected chi connectivity index (χ4v) is 2.54. The Labute approximate surface area is 186 Å². The molecule has 0 radical (unpaired) electrons. The minimum Gasteiger partial charge on any atom is -0.488 e. The molecule has 1 heterocycles. The number of rotatable bonds is 6. The zero-order chi connectivity index (χ0) is 19.2. The summed E-state index contributed by atoms with van der Waals surface area (Å²) in [5.41, 5.74) is -0.0519. The summed E-state index contributed by atoms with van der Waals surface area (Å²) >= 11 is 3.49. The number of halogens is 2. The van der Waals surface area contributed by atoms with Crippen LogP contribution in [0.25, 0.3) is 0 Å². The molecule has 0 amide bonds. The van der Waals surface area contributed by atoms with Gasteiger partial charge < -0.3 is 19.8 Å². The number of benzene rings is 1. The lowest BCUT2D eigenvalue weighted by Crippen LogP contribution is -2.41. The van der Waals surface area contributed by atoms with Gasteiger partial charge in [-0.25, -0.2) is 4.98 Å². The Morgan fingerprint density at radius 1 is 1.30 bits per heavy atom. The van der Waals surface area contributed by atoms with E-state index in [0.29, 0.717) is 24.9 Å². The molecular weight excluding hydrogens is 523 g/mol. The van der Waals surface area contributed by atoms with Gasteiger partial charge in [0.25, 0.3) is 0 Å². The third kappa shape index (κ3) is 7.69. The Balaban J connectivity index is 0.00000364. The summed E-state index contributed by atoms with van der Waals surface area (Å²) in [7, 11) is 1.73. The van der Waals surface area contributed by atoms with E-state index in [9.17, 15) is 0 Å². The minimum absolute atomic E-state index is 0. The number of hydrogen-bond acceptors (Lipinski definition) is 4. The average Bonchev–Trinajstić information content (AvgIpc) is 3.06. The van der Waals surface area contributed by atoms with Gasteiger partial charge in [-0.1, -0.05) is 32.9 Å². The van der Waals surface area contributed by atoms with Crippen LogP contribution in [0.3, 0.4) is 0 Å². The molecule has 0 spiro atoms. The van der Waals surface area contributed by atoms with Gasteiger partial charge in [-0.15, -0.1) is 24.0 Å². The molecule has 2 aromatic rings. The maximum atomic E-state index is 5.92. The molecule has 0 aliphatic rings. The number of aromatic nitrogens is 1. The number of nitrogens with zero attached hydrogens (tertiary/aromatic N) is 2. The second-order valence-corrected chi connectivity index (χ2v) is 7.89. The van der Waals surface area contributed by atoms with Crippen molar-refractivity contribution in [3.05, 3.63) is 46.6 Å². The van der Waals surface area contributed by atoms with E-state index >= 15 is 0 Å². The molecule has 27 heavy (non-hydrogen) atoms. The van der Waals surface area contributed by atoms with Gasteiger partial charge in [0.05, 0.1) is 23.8 Å². The molecule has 150 valence electrons.